The molecule has 0 bridgehead atoms. The summed E-state index contributed by atoms with van der Waals surface area (Å²) >= 11 is 1.20. The molecule has 1 aromatic heterocycles. The molecule has 0 aromatic carbocycles. The summed E-state index contributed by atoms with van der Waals surface area (Å²) in [5.74, 6) is -0.450. The molecule has 0 spiro atoms. The topological polar surface area (TPSA) is 80.3 Å². The molecule has 0 fully saturated rings. The maximum absolute atomic E-state index is 11.1. The number of hydrogen-bond donors (Lipinski definition) is 2. The van der Waals surface area contributed by atoms with Crippen molar-refractivity contribution in [2.24, 2.45) is 0 Å². The first kappa shape index (κ1) is 12.4. The Morgan fingerprint density at radius 2 is 2.31 bits per heavy atom. The van der Waals surface area contributed by atoms with E-state index in [9.17, 15) is 9.59 Å². The van der Waals surface area contributed by atoms with E-state index in [1.54, 1.807) is 7.05 Å². The largest absolute Gasteiger partial charge is 0.465 e. The highest BCUT2D eigenvalue weighted by atomic mass is 32.1. The first-order valence-corrected chi connectivity index (χ1v) is 5.47. The smallest absolute Gasteiger partial charge is 0.349 e. The van der Waals surface area contributed by atoms with Gasteiger partial charge in [-0.15, -0.1) is 0 Å². The summed E-state index contributed by atoms with van der Waals surface area (Å²) in [4.78, 5) is 26.4. The van der Waals surface area contributed by atoms with Crippen molar-refractivity contribution >= 4 is 28.3 Å². The van der Waals surface area contributed by atoms with Crippen LogP contribution in [0.1, 0.15) is 16.1 Å². The molecule has 0 aliphatic carbocycles. The molecular formula is C9H13N3O3S. The Labute approximate surface area is 97.0 Å². The quantitative estimate of drug-likeness (QED) is 0.735. The summed E-state index contributed by atoms with van der Waals surface area (Å²) in [5.41, 5.74) is 0. The van der Waals surface area contributed by atoms with Crippen LogP contribution in [0.4, 0.5) is 5.13 Å². The molecule has 6 nitrogen and oxygen atoms in total. The average Bonchev–Trinajstić information content (AvgIpc) is 2.76. The monoisotopic (exact) mass is 243 g/mol. The molecule has 0 radical (unpaired) electrons. The van der Waals surface area contributed by atoms with E-state index in [0.717, 1.165) is 0 Å². The molecule has 7 heteroatoms. The fourth-order valence-corrected chi connectivity index (χ4v) is 1.72. The van der Waals surface area contributed by atoms with E-state index in [1.165, 1.54) is 24.6 Å². The molecule has 1 rings (SSSR count). The molecular weight excluding hydrogens is 230 g/mol. The van der Waals surface area contributed by atoms with Gasteiger partial charge in [-0.2, -0.15) is 0 Å². The van der Waals surface area contributed by atoms with E-state index in [1.807, 2.05) is 0 Å². The molecule has 0 saturated carbocycles. The number of ether oxygens (including phenoxy) is 1. The lowest BCUT2D eigenvalue weighted by molar-refractivity contribution is -0.120. The number of nitrogens with one attached hydrogen (secondary N) is 2. The van der Waals surface area contributed by atoms with Crippen molar-refractivity contribution in [3.63, 3.8) is 0 Å². The predicted octanol–water partition coefficient (Wildman–Crippen LogP) is 0.478. The van der Waals surface area contributed by atoms with Crippen LogP contribution in [0.25, 0.3) is 0 Å². The van der Waals surface area contributed by atoms with E-state index >= 15 is 0 Å². The van der Waals surface area contributed by atoms with E-state index in [4.69, 9.17) is 0 Å². The molecule has 0 unspecified atom stereocenters. The van der Waals surface area contributed by atoms with Crippen molar-refractivity contribution < 1.29 is 14.3 Å². The number of aromatic nitrogens is 1. The molecule has 0 atom stereocenters. The van der Waals surface area contributed by atoms with Crippen LogP contribution in [0, 0.1) is 0 Å². The Morgan fingerprint density at radius 1 is 1.56 bits per heavy atom. The van der Waals surface area contributed by atoms with Crippen LogP contribution in [0.15, 0.2) is 6.20 Å². The second-order valence-corrected chi connectivity index (χ2v) is 3.90. The lowest BCUT2D eigenvalue weighted by Gasteiger charge is -2.00. The number of methoxy groups -OCH3 is 1. The third-order valence-corrected chi connectivity index (χ3v) is 2.73. The van der Waals surface area contributed by atoms with Gasteiger partial charge in [0.2, 0.25) is 5.91 Å². The number of nitrogens with zero attached hydrogens (tertiary/aromatic N) is 1. The van der Waals surface area contributed by atoms with E-state index in [2.05, 4.69) is 20.4 Å². The van der Waals surface area contributed by atoms with Gasteiger partial charge < -0.3 is 15.4 Å². The van der Waals surface area contributed by atoms with Crippen LogP contribution in [-0.4, -0.2) is 37.6 Å². The van der Waals surface area contributed by atoms with Gasteiger partial charge in [0.1, 0.15) is 4.88 Å². The zero-order valence-corrected chi connectivity index (χ0v) is 9.89. The minimum Gasteiger partial charge on any atom is -0.465 e. The SMILES string of the molecule is CNC(=O)CCNc1ncc(C(=O)OC)s1. The van der Waals surface area contributed by atoms with Gasteiger partial charge >= 0.3 is 5.97 Å². The fraction of sp³-hybridized carbons (Fsp3) is 0.444. The zero-order chi connectivity index (χ0) is 12.0. The summed E-state index contributed by atoms with van der Waals surface area (Å²) in [5, 5.41) is 6.06. The summed E-state index contributed by atoms with van der Waals surface area (Å²) in [6.45, 7) is 0.480. The first-order valence-electron chi connectivity index (χ1n) is 4.66. The third-order valence-electron chi connectivity index (χ3n) is 1.80. The summed E-state index contributed by atoms with van der Waals surface area (Å²) in [7, 11) is 2.90. The van der Waals surface area contributed by atoms with Gasteiger partial charge in [-0.05, 0) is 0 Å². The number of hydrogen-bond acceptors (Lipinski definition) is 6. The molecule has 88 valence electrons. The average molecular weight is 243 g/mol. The second-order valence-electron chi connectivity index (χ2n) is 2.87. The lowest BCUT2D eigenvalue weighted by atomic mass is 10.4. The Kier molecular flexibility index (Phi) is 4.71. The Hall–Kier alpha value is -1.63. The molecule has 1 amide bonds. The highest BCUT2D eigenvalue weighted by molar-refractivity contribution is 7.17. The first-order chi connectivity index (χ1) is 7.67. The van der Waals surface area contributed by atoms with Crippen LogP contribution in [0.5, 0.6) is 0 Å². The number of anilines is 1. The highest BCUT2D eigenvalue weighted by Gasteiger charge is 2.10. The number of rotatable bonds is 5. The maximum atomic E-state index is 11.1. The van der Waals surface area contributed by atoms with Crippen molar-refractivity contribution in [3.8, 4) is 0 Å². The number of thiazole rings is 1. The summed E-state index contributed by atoms with van der Waals surface area (Å²) in [6.07, 6.45) is 1.81. The van der Waals surface area contributed by atoms with Gasteiger partial charge in [-0.3, -0.25) is 4.79 Å². The van der Waals surface area contributed by atoms with Gasteiger partial charge in [0.15, 0.2) is 5.13 Å². The van der Waals surface area contributed by atoms with Crippen LogP contribution in [-0.2, 0) is 9.53 Å². The minimum atomic E-state index is -0.406. The fourth-order valence-electron chi connectivity index (χ4n) is 0.959. The highest BCUT2D eigenvalue weighted by Crippen LogP contribution is 2.18. The molecule has 16 heavy (non-hydrogen) atoms. The third kappa shape index (κ3) is 3.50. The molecule has 1 heterocycles. The summed E-state index contributed by atoms with van der Waals surface area (Å²) < 4.78 is 4.55. The van der Waals surface area contributed by atoms with Crippen LogP contribution >= 0.6 is 11.3 Å². The van der Waals surface area contributed by atoms with E-state index in [0.29, 0.717) is 23.0 Å². The standard InChI is InChI=1S/C9H13N3O3S/c1-10-7(13)3-4-11-9-12-5-6(16-9)8(14)15-2/h5H,3-4H2,1-2H3,(H,10,13)(H,11,12). The van der Waals surface area contributed by atoms with Gasteiger partial charge in [0.05, 0.1) is 13.3 Å². The Balaban J connectivity index is 2.41. The number of amides is 1. The summed E-state index contributed by atoms with van der Waals surface area (Å²) in [6, 6.07) is 0. The van der Waals surface area contributed by atoms with E-state index < -0.39 is 5.97 Å². The second kappa shape index (κ2) is 6.06. The van der Waals surface area contributed by atoms with Gasteiger partial charge in [-0.25, -0.2) is 9.78 Å². The van der Waals surface area contributed by atoms with Crippen LogP contribution in [0.3, 0.4) is 0 Å². The number of esters is 1. The number of carbonyl (C=O) groups excluding carboxylic acids is 2. The van der Waals surface area contributed by atoms with E-state index in [-0.39, 0.29) is 5.91 Å². The maximum Gasteiger partial charge on any atom is 0.349 e. The van der Waals surface area contributed by atoms with Crippen molar-refractivity contribution in [1.29, 1.82) is 0 Å². The molecule has 2 N–H and O–H groups in total. The zero-order valence-electron chi connectivity index (χ0n) is 9.07. The van der Waals surface area contributed by atoms with Crippen molar-refractivity contribution in [2.75, 3.05) is 26.0 Å². The van der Waals surface area contributed by atoms with Crippen LogP contribution in [0.2, 0.25) is 0 Å². The van der Waals surface area contributed by atoms with Crippen molar-refractivity contribution in [3.05, 3.63) is 11.1 Å². The Bertz CT molecular complexity index is 378. The lowest BCUT2D eigenvalue weighted by Crippen LogP contribution is -2.20. The molecule has 1 aromatic rings. The molecule has 0 aliphatic rings. The Morgan fingerprint density at radius 3 is 2.94 bits per heavy atom. The normalized spacial score (nSPS) is 9.62. The molecule has 0 aliphatic heterocycles. The van der Waals surface area contributed by atoms with Gasteiger partial charge in [-0.1, -0.05) is 11.3 Å². The van der Waals surface area contributed by atoms with Crippen molar-refractivity contribution in [1.82, 2.24) is 10.3 Å². The molecule has 0 saturated heterocycles. The van der Waals surface area contributed by atoms with Gasteiger partial charge in [0.25, 0.3) is 0 Å². The minimum absolute atomic E-state index is 0.0442. The van der Waals surface area contributed by atoms with Crippen LogP contribution < -0.4 is 10.6 Å². The van der Waals surface area contributed by atoms with Gasteiger partial charge in [0, 0.05) is 20.0 Å². The van der Waals surface area contributed by atoms with Crippen molar-refractivity contribution in [2.45, 2.75) is 6.42 Å². The number of carbonyl (C=O) groups is 2. The predicted molar refractivity (Wildman–Crippen MR) is 60.6 cm³/mol.